The number of aryl methyl sites for hydroxylation is 1. The topological polar surface area (TPSA) is 49.9 Å². The maximum atomic E-state index is 11.9. The highest BCUT2D eigenvalue weighted by molar-refractivity contribution is 7.11. The van der Waals surface area contributed by atoms with Crippen molar-refractivity contribution in [2.45, 2.75) is 27.7 Å². The van der Waals surface area contributed by atoms with Crippen LogP contribution in [0.1, 0.15) is 31.2 Å². The number of carbonyl (C=O) groups is 1. The molecule has 0 saturated heterocycles. The van der Waals surface area contributed by atoms with Crippen LogP contribution in [0.4, 0.5) is 0 Å². The standard InChI is InChI=1S/C15H17NO2S2/c1-9-5-6-19-10(9)7-11-14(18)16-13(20-11)8-12(17)15(2,3)4/h5-8H,1-4H3,(H,16,18)/b11-7-,13-8-. The molecule has 5 heteroatoms. The van der Waals surface area contributed by atoms with Crippen molar-refractivity contribution >= 4 is 40.6 Å². The summed E-state index contributed by atoms with van der Waals surface area (Å²) >= 11 is 2.92. The Balaban J connectivity index is 2.49. The minimum Gasteiger partial charge on any atom is -0.313 e. The lowest BCUT2D eigenvalue weighted by atomic mass is 9.91. The number of ketones is 1. The van der Waals surface area contributed by atoms with E-state index < -0.39 is 5.41 Å². The fourth-order valence-corrected chi connectivity index (χ4v) is 3.31. The summed E-state index contributed by atoms with van der Waals surface area (Å²) in [6.45, 7) is 7.60. The number of carbonyl (C=O) groups excluding carboxylic acids is 1. The van der Waals surface area contributed by atoms with E-state index in [1.54, 1.807) is 11.3 Å². The molecule has 1 N–H and O–H groups in total. The molecule has 0 unspecified atom stereocenters. The predicted octanol–water partition coefficient (Wildman–Crippen LogP) is 2.03. The lowest BCUT2D eigenvalue weighted by Gasteiger charge is -2.12. The van der Waals surface area contributed by atoms with Crippen molar-refractivity contribution in [3.63, 3.8) is 0 Å². The molecule has 20 heavy (non-hydrogen) atoms. The van der Waals surface area contributed by atoms with Crippen molar-refractivity contribution in [2.75, 3.05) is 0 Å². The van der Waals surface area contributed by atoms with Gasteiger partial charge in [0.05, 0.1) is 9.20 Å². The summed E-state index contributed by atoms with van der Waals surface area (Å²) < 4.78 is 1.24. The molecule has 2 aromatic rings. The monoisotopic (exact) mass is 307 g/mol. The van der Waals surface area contributed by atoms with Gasteiger partial charge in [-0.3, -0.25) is 9.59 Å². The molecule has 0 bridgehead atoms. The first-order valence-electron chi connectivity index (χ1n) is 6.28. The number of thiazole rings is 1. The minimum absolute atomic E-state index is 0.00820. The number of H-pyrrole nitrogens is 1. The van der Waals surface area contributed by atoms with E-state index in [0.29, 0.717) is 9.20 Å². The molecule has 0 aliphatic heterocycles. The van der Waals surface area contributed by atoms with E-state index in [1.165, 1.54) is 17.4 Å². The van der Waals surface area contributed by atoms with Gasteiger partial charge in [0.1, 0.15) is 0 Å². The van der Waals surface area contributed by atoms with Crippen LogP contribution < -0.4 is 14.8 Å². The third kappa shape index (κ3) is 3.35. The second-order valence-electron chi connectivity index (χ2n) is 5.66. The predicted molar refractivity (Wildman–Crippen MR) is 85.7 cm³/mol. The first kappa shape index (κ1) is 14.9. The summed E-state index contributed by atoms with van der Waals surface area (Å²) in [5.41, 5.74) is 0.574. The normalized spacial score (nSPS) is 14.0. The molecule has 0 spiro atoms. The molecule has 2 heterocycles. The zero-order chi connectivity index (χ0) is 14.9. The molecule has 0 aromatic carbocycles. The van der Waals surface area contributed by atoms with Crippen LogP contribution >= 0.6 is 22.7 Å². The van der Waals surface area contributed by atoms with Crippen LogP contribution in [0.3, 0.4) is 0 Å². The molecule has 2 aromatic heterocycles. The molecule has 0 radical (unpaired) electrons. The number of hydrogen-bond donors (Lipinski definition) is 1. The Morgan fingerprint density at radius 2 is 2.05 bits per heavy atom. The largest absolute Gasteiger partial charge is 0.313 e. The van der Waals surface area contributed by atoms with E-state index >= 15 is 0 Å². The molecule has 3 nitrogen and oxygen atoms in total. The highest BCUT2D eigenvalue weighted by Crippen LogP contribution is 2.16. The Morgan fingerprint density at radius 1 is 1.35 bits per heavy atom. The summed E-state index contributed by atoms with van der Waals surface area (Å²) in [6, 6.07) is 2.02. The van der Waals surface area contributed by atoms with Gasteiger partial charge < -0.3 is 4.98 Å². The van der Waals surface area contributed by atoms with E-state index in [-0.39, 0.29) is 11.3 Å². The molecule has 106 valence electrons. The Labute approximate surface area is 125 Å². The van der Waals surface area contributed by atoms with Crippen molar-refractivity contribution < 1.29 is 4.79 Å². The maximum absolute atomic E-state index is 11.9. The number of nitrogens with one attached hydrogen (secondary N) is 1. The summed E-state index contributed by atoms with van der Waals surface area (Å²) in [5, 5.41) is 2.00. The van der Waals surface area contributed by atoms with Gasteiger partial charge in [-0.15, -0.1) is 22.7 Å². The molecule has 0 atom stereocenters. The van der Waals surface area contributed by atoms with Gasteiger partial charge in [-0.1, -0.05) is 20.8 Å². The van der Waals surface area contributed by atoms with Crippen molar-refractivity contribution in [2.24, 2.45) is 5.41 Å². The Kier molecular flexibility index (Phi) is 4.11. The van der Waals surface area contributed by atoms with Crippen molar-refractivity contribution in [3.8, 4) is 0 Å². The van der Waals surface area contributed by atoms with Crippen LogP contribution in [-0.4, -0.2) is 10.8 Å². The average molecular weight is 307 g/mol. The van der Waals surface area contributed by atoms with Gasteiger partial charge >= 0.3 is 0 Å². The second-order valence-corrected chi connectivity index (χ2v) is 7.69. The van der Waals surface area contributed by atoms with Crippen molar-refractivity contribution in [3.05, 3.63) is 41.4 Å². The van der Waals surface area contributed by atoms with E-state index in [4.69, 9.17) is 0 Å². The van der Waals surface area contributed by atoms with Crippen LogP contribution in [0.15, 0.2) is 16.2 Å². The average Bonchev–Trinajstić information content (AvgIpc) is 2.86. The summed E-state index contributed by atoms with van der Waals surface area (Å²) in [6.07, 6.45) is 3.40. The first-order chi connectivity index (χ1) is 9.27. The summed E-state index contributed by atoms with van der Waals surface area (Å²) in [4.78, 5) is 27.7. The van der Waals surface area contributed by atoms with E-state index in [1.807, 2.05) is 45.2 Å². The van der Waals surface area contributed by atoms with Gasteiger partial charge in [-0.05, 0) is 30.0 Å². The fourth-order valence-electron chi connectivity index (χ4n) is 1.51. The van der Waals surface area contributed by atoms with Gasteiger partial charge in [0.25, 0.3) is 5.56 Å². The summed E-state index contributed by atoms with van der Waals surface area (Å²) in [7, 11) is 0. The lowest BCUT2D eigenvalue weighted by Crippen LogP contribution is -2.22. The molecule has 0 fully saturated rings. The zero-order valence-electron chi connectivity index (χ0n) is 11.9. The molecular formula is C15H17NO2S2. The molecule has 0 amide bonds. The second kappa shape index (κ2) is 5.50. The third-order valence-corrected chi connectivity index (χ3v) is 4.77. The van der Waals surface area contributed by atoms with Crippen LogP contribution in [0.25, 0.3) is 12.2 Å². The van der Waals surface area contributed by atoms with Gasteiger partial charge in [-0.25, -0.2) is 0 Å². The number of hydrogen-bond acceptors (Lipinski definition) is 4. The SMILES string of the molecule is Cc1ccsc1/C=c1\s/c(=C\C(=O)C(C)(C)C)[nH]c1=O. The number of rotatable bonds is 2. The third-order valence-electron chi connectivity index (χ3n) is 2.85. The van der Waals surface area contributed by atoms with Crippen LogP contribution in [0.2, 0.25) is 0 Å². The number of thiophene rings is 1. The van der Waals surface area contributed by atoms with Gasteiger partial charge in [0.15, 0.2) is 5.78 Å². The smallest absolute Gasteiger partial charge is 0.266 e. The van der Waals surface area contributed by atoms with E-state index in [9.17, 15) is 9.59 Å². The highest BCUT2D eigenvalue weighted by Gasteiger charge is 2.18. The Bertz CT molecular complexity index is 800. The number of aromatic amines is 1. The molecule has 2 rings (SSSR count). The highest BCUT2D eigenvalue weighted by atomic mass is 32.1. The van der Waals surface area contributed by atoms with Gasteiger partial charge in [-0.2, -0.15) is 0 Å². The van der Waals surface area contributed by atoms with Crippen molar-refractivity contribution in [1.82, 2.24) is 4.98 Å². The zero-order valence-corrected chi connectivity index (χ0v) is 13.6. The molecule has 0 aliphatic carbocycles. The number of aromatic nitrogens is 1. The van der Waals surface area contributed by atoms with Gasteiger partial charge in [0.2, 0.25) is 0 Å². The van der Waals surface area contributed by atoms with E-state index in [0.717, 1.165) is 10.4 Å². The number of Topliss-reactive ketones (excluding diaryl/α,β-unsaturated/α-hetero) is 1. The van der Waals surface area contributed by atoms with Gasteiger partial charge in [0, 0.05) is 16.4 Å². The molecule has 0 aliphatic rings. The lowest BCUT2D eigenvalue weighted by molar-refractivity contribution is -0.119. The quantitative estimate of drug-likeness (QED) is 0.923. The molecule has 0 saturated carbocycles. The molecular weight excluding hydrogens is 290 g/mol. The van der Waals surface area contributed by atoms with E-state index in [2.05, 4.69) is 4.98 Å². The fraction of sp³-hybridized carbons (Fsp3) is 0.333. The Morgan fingerprint density at radius 3 is 2.60 bits per heavy atom. The summed E-state index contributed by atoms with van der Waals surface area (Å²) in [5.74, 6) is 0.00820. The van der Waals surface area contributed by atoms with Crippen LogP contribution in [0, 0.1) is 12.3 Å². The minimum atomic E-state index is -0.435. The van der Waals surface area contributed by atoms with Crippen LogP contribution in [-0.2, 0) is 4.79 Å². The van der Waals surface area contributed by atoms with Crippen LogP contribution in [0.5, 0.6) is 0 Å². The maximum Gasteiger partial charge on any atom is 0.266 e. The Hall–Kier alpha value is -1.46. The van der Waals surface area contributed by atoms with Crippen molar-refractivity contribution in [1.29, 1.82) is 0 Å². The first-order valence-corrected chi connectivity index (χ1v) is 7.98.